The molecule has 1 aromatic heterocycles. The molecular weight excluding hydrogens is 400 g/mol. The monoisotopic (exact) mass is 428 g/mol. The standard InChI is InChI=1S/C22H28N4O5/c1-23-8-6-17(7-9-23)25(16-19-3-2-12-31-19)22(27)20-15-18(26(28)29)4-5-21(20)24-10-13-30-14-11-24/h2-5,12,15,17H,6-11,13-14,16H2,1H3. The first-order chi connectivity index (χ1) is 15.0. The molecule has 166 valence electrons. The van der Waals surface area contributed by atoms with Crippen LogP contribution in [0.1, 0.15) is 29.0 Å². The van der Waals surface area contributed by atoms with Crippen molar-refractivity contribution in [3.63, 3.8) is 0 Å². The summed E-state index contributed by atoms with van der Waals surface area (Å²) in [6.07, 6.45) is 3.30. The van der Waals surface area contributed by atoms with E-state index in [4.69, 9.17) is 9.15 Å². The van der Waals surface area contributed by atoms with Gasteiger partial charge in [0, 0.05) is 31.3 Å². The van der Waals surface area contributed by atoms with Gasteiger partial charge in [-0.25, -0.2) is 0 Å². The number of hydrogen-bond acceptors (Lipinski definition) is 7. The van der Waals surface area contributed by atoms with Crippen molar-refractivity contribution < 1.29 is 18.9 Å². The summed E-state index contributed by atoms with van der Waals surface area (Å²) in [6.45, 7) is 4.56. The molecule has 0 unspecified atom stereocenters. The summed E-state index contributed by atoms with van der Waals surface area (Å²) in [4.78, 5) is 31.0. The van der Waals surface area contributed by atoms with Gasteiger partial charge in [0.15, 0.2) is 0 Å². The van der Waals surface area contributed by atoms with E-state index in [2.05, 4.69) is 16.8 Å². The summed E-state index contributed by atoms with van der Waals surface area (Å²) in [7, 11) is 2.08. The number of furan rings is 1. The zero-order valence-corrected chi connectivity index (χ0v) is 17.7. The van der Waals surface area contributed by atoms with Crippen LogP contribution in [0.5, 0.6) is 0 Å². The Morgan fingerprint density at radius 2 is 1.94 bits per heavy atom. The molecule has 2 aliphatic heterocycles. The Bertz CT molecular complexity index is 903. The number of hydrogen-bond donors (Lipinski definition) is 0. The quantitative estimate of drug-likeness (QED) is 0.516. The molecule has 0 spiro atoms. The number of rotatable bonds is 6. The molecule has 31 heavy (non-hydrogen) atoms. The number of nitro benzene ring substituents is 1. The number of nitrogens with zero attached hydrogens (tertiary/aromatic N) is 4. The van der Waals surface area contributed by atoms with Crippen LogP contribution in [0.2, 0.25) is 0 Å². The van der Waals surface area contributed by atoms with Crippen molar-refractivity contribution in [2.75, 3.05) is 51.3 Å². The van der Waals surface area contributed by atoms with Crippen LogP contribution in [-0.4, -0.2) is 73.1 Å². The molecule has 0 saturated carbocycles. The Labute approximate surface area is 181 Å². The topological polar surface area (TPSA) is 92.3 Å². The predicted molar refractivity (Wildman–Crippen MR) is 115 cm³/mol. The number of carbonyl (C=O) groups excluding carboxylic acids is 1. The average Bonchev–Trinajstić information content (AvgIpc) is 3.31. The number of non-ortho nitro benzene ring substituents is 1. The highest BCUT2D eigenvalue weighted by Gasteiger charge is 2.31. The summed E-state index contributed by atoms with van der Waals surface area (Å²) in [5, 5.41) is 11.5. The number of likely N-dealkylation sites (tertiary alicyclic amines) is 1. The van der Waals surface area contributed by atoms with Gasteiger partial charge < -0.3 is 23.9 Å². The van der Waals surface area contributed by atoms with E-state index in [1.165, 1.54) is 12.1 Å². The molecule has 2 saturated heterocycles. The lowest BCUT2D eigenvalue weighted by molar-refractivity contribution is -0.384. The van der Waals surface area contributed by atoms with E-state index >= 15 is 0 Å². The lowest BCUT2D eigenvalue weighted by atomic mass is 10.0. The largest absolute Gasteiger partial charge is 0.467 e. The highest BCUT2D eigenvalue weighted by Crippen LogP contribution is 2.30. The Balaban J connectivity index is 1.70. The second-order valence-corrected chi connectivity index (χ2v) is 8.10. The molecule has 2 aromatic rings. The third-order valence-electron chi connectivity index (χ3n) is 6.07. The van der Waals surface area contributed by atoms with Gasteiger partial charge in [-0.15, -0.1) is 0 Å². The van der Waals surface area contributed by atoms with Crippen molar-refractivity contribution in [2.45, 2.75) is 25.4 Å². The van der Waals surface area contributed by atoms with Crippen molar-refractivity contribution in [1.29, 1.82) is 0 Å². The van der Waals surface area contributed by atoms with Crippen molar-refractivity contribution in [1.82, 2.24) is 9.80 Å². The molecule has 9 nitrogen and oxygen atoms in total. The van der Waals surface area contributed by atoms with Gasteiger partial charge in [-0.2, -0.15) is 0 Å². The first kappa shape index (κ1) is 21.3. The minimum absolute atomic E-state index is 0.0469. The molecule has 0 bridgehead atoms. The molecule has 4 rings (SSSR count). The van der Waals surface area contributed by atoms with E-state index in [0.717, 1.165) is 31.6 Å². The average molecular weight is 428 g/mol. The van der Waals surface area contributed by atoms with Crippen LogP contribution in [0.25, 0.3) is 0 Å². The fourth-order valence-electron chi connectivity index (χ4n) is 4.29. The molecular formula is C22H28N4O5. The smallest absolute Gasteiger partial charge is 0.270 e. The van der Waals surface area contributed by atoms with Gasteiger partial charge in [-0.05, 0) is 51.2 Å². The highest BCUT2D eigenvalue weighted by atomic mass is 16.6. The number of morpholine rings is 1. The van der Waals surface area contributed by atoms with Gasteiger partial charge in [0.05, 0.1) is 42.2 Å². The van der Waals surface area contributed by atoms with Gasteiger partial charge in [-0.3, -0.25) is 14.9 Å². The lowest BCUT2D eigenvalue weighted by Crippen LogP contribution is -2.46. The van der Waals surface area contributed by atoms with Gasteiger partial charge in [0.25, 0.3) is 11.6 Å². The third-order valence-corrected chi connectivity index (χ3v) is 6.07. The van der Waals surface area contributed by atoms with Crippen LogP contribution < -0.4 is 4.90 Å². The maximum absolute atomic E-state index is 13.9. The minimum Gasteiger partial charge on any atom is -0.467 e. The SMILES string of the molecule is CN1CCC(N(Cc2ccco2)C(=O)c2cc([N+](=O)[O-])ccc2N2CCOCC2)CC1. The maximum Gasteiger partial charge on any atom is 0.270 e. The van der Waals surface area contributed by atoms with Gasteiger partial charge in [0.2, 0.25) is 0 Å². The molecule has 3 heterocycles. The summed E-state index contributed by atoms with van der Waals surface area (Å²) in [5.74, 6) is 0.502. The molecule has 0 N–H and O–H groups in total. The lowest BCUT2D eigenvalue weighted by Gasteiger charge is -2.38. The van der Waals surface area contributed by atoms with Crippen molar-refractivity contribution in [3.05, 3.63) is 58.0 Å². The van der Waals surface area contributed by atoms with Gasteiger partial charge >= 0.3 is 0 Å². The summed E-state index contributed by atoms with van der Waals surface area (Å²) in [6, 6.07) is 8.28. The number of ether oxygens (including phenoxy) is 1. The normalized spacial score (nSPS) is 18.2. The molecule has 9 heteroatoms. The zero-order chi connectivity index (χ0) is 21.8. The van der Waals surface area contributed by atoms with Crippen molar-refractivity contribution in [3.8, 4) is 0 Å². The van der Waals surface area contributed by atoms with E-state index in [9.17, 15) is 14.9 Å². The summed E-state index contributed by atoms with van der Waals surface area (Å²) < 4.78 is 11.0. The fraction of sp³-hybridized carbons (Fsp3) is 0.500. The minimum atomic E-state index is -0.452. The second kappa shape index (κ2) is 9.49. The van der Waals surface area contributed by atoms with Crippen LogP contribution in [0.4, 0.5) is 11.4 Å². The van der Waals surface area contributed by atoms with E-state index in [0.29, 0.717) is 44.2 Å². The van der Waals surface area contributed by atoms with E-state index < -0.39 is 4.92 Å². The molecule has 0 radical (unpaired) electrons. The van der Waals surface area contributed by atoms with Crippen LogP contribution in [0, 0.1) is 10.1 Å². The predicted octanol–water partition coefficient (Wildman–Crippen LogP) is 2.76. The highest BCUT2D eigenvalue weighted by molar-refractivity contribution is 6.00. The fourth-order valence-corrected chi connectivity index (χ4v) is 4.29. The number of piperidine rings is 1. The van der Waals surface area contributed by atoms with Crippen LogP contribution in [0.15, 0.2) is 41.0 Å². The maximum atomic E-state index is 13.9. The molecule has 1 amide bonds. The first-order valence-corrected chi connectivity index (χ1v) is 10.7. The van der Waals surface area contributed by atoms with Crippen LogP contribution in [-0.2, 0) is 11.3 Å². The first-order valence-electron chi connectivity index (χ1n) is 10.7. The molecule has 0 aliphatic carbocycles. The molecule has 0 atom stereocenters. The Morgan fingerprint density at radius 1 is 1.19 bits per heavy atom. The van der Waals surface area contributed by atoms with Crippen molar-refractivity contribution in [2.24, 2.45) is 0 Å². The molecule has 2 fully saturated rings. The number of anilines is 1. The van der Waals surface area contributed by atoms with E-state index in [1.807, 2.05) is 11.0 Å². The Morgan fingerprint density at radius 3 is 2.58 bits per heavy atom. The molecule has 2 aliphatic rings. The Hall–Kier alpha value is -2.91. The van der Waals surface area contributed by atoms with Gasteiger partial charge in [0.1, 0.15) is 5.76 Å². The van der Waals surface area contributed by atoms with E-state index in [-0.39, 0.29) is 17.6 Å². The van der Waals surface area contributed by atoms with Gasteiger partial charge in [-0.1, -0.05) is 0 Å². The third kappa shape index (κ3) is 4.88. The number of benzene rings is 1. The van der Waals surface area contributed by atoms with Crippen LogP contribution in [0.3, 0.4) is 0 Å². The number of carbonyl (C=O) groups is 1. The number of amides is 1. The summed E-state index contributed by atoms with van der Waals surface area (Å²) >= 11 is 0. The zero-order valence-electron chi connectivity index (χ0n) is 17.7. The Kier molecular flexibility index (Phi) is 6.53. The van der Waals surface area contributed by atoms with Crippen molar-refractivity contribution >= 4 is 17.3 Å². The summed E-state index contributed by atoms with van der Waals surface area (Å²) in [5.41, 5.74) is 1.000. The molecule has 1 aromatic carbocycles. The van der Waals surface area contributed by atoms with E-state index in [1.54, 1.807) is 18.4 Å². The van der Waals surface area contributed by atoms with Crippen LogP contribution >= 0.6 is 0 Å². The number of nitro groups is 1. The second-order valence-electron chi connectivity index (χ2n) is 8.10.